The molecule has 2 nitrogen and oxygen atoms in total. The highest BCUT2D eigenvalue weighted by atomic mass is 79.9. The zero-order chi connectivity index (χ0) is 13.1. The normalized spacial score (nSPS) is 23.0. The summed E-state index contributed by atoms with van der Waals surface area (Å²) in [5, 5.41) is 0. The van der Waals surface area contributed by atoms with Gasteiger partial charge in [0.15, 0.2) is 0 Å². The molecule has 2 unspecified atom stereocenters. The van der Waals surface area contributed by atoms with Crippen molar-refractivity contribution in [2.45, 2.75) is 44.8 Å². The van der Waals surface area contributed by atoms with Gasteiger partial charge in [-0.1, -0.05) is 22.4 Å². The van der Waals surface area contributed by atoms with E-state index in [4.69, 9.17) is 5.73 Å². The van der Waals surface area contributed by atoms with Gasteiger partial charge in [-0.25, -0.2) is 4.39 Å². The van der Waals surface area contributed by atoms with Crippen LogP contribution in [0.2, 0.25) is 0 Å². The van der Waals surface area contributed by atoms with E-state index in [-0.39, 0.29) is 11.9 Å². The molecule has 0 radical (unpaired) electrons. The summed E-state index contributed by atoms with van der Waals surface area (Å²) in [6, 6.07) is 5.67. The van der Waals surface area contributed by atoms with Crippen molar-refractivity contribution < 1.29 is 4.39 Å². The summed E-state index contributed by atoms with van der Waals surface area (Å²) in [5.41, 5.74) is 7.05. The molecule has 1 aliphatic rings. The summed E-state index contributed by atoms with van der Waals surface area (Å²) < 4.78 is 14.2. The SMILES string of the molecule is CC(N)C1CCCCN1Cc1cc(F)cc(Br)c1. The maximum atomic E-state index is 13.4. The van der Waals surface area contributed by atoms with Crippen LogP contribution in [0.15, 0.2) is 22.7 Å². The van der Waals surface area contributed by atoms with Gasteiger partial charge in [-0.15, -0.1) is 0 Å². The highest BCUT2D eigenvalue weighted by Crippen LogP contribution is 2.23. The van der Waals surface area contributed by atoms with Gasteiger partial charge in [0.25, 0.3) is 0 Å². The number of nitrogens with two attached hydrogens (primary N) is 1. The lowest BCUT2D eigenvalue weighted by Crippen LogP contribution is -2.48. The lowest BCUT2D eigenvalue weighted by atomic mass is 9.96. The Labute approximate surface area is 116 Å². The molecule has 0 saturated carbocycles. The van der Waals surface area contributed by atoms with E-state index >= 15 is 0 Å². The van der Waals surface area contributed by atoms with Crippen LogP contribution in [-0.2, 0) is 6.54 Å². The predicted octanol–water partition coefficient (Wildman–Crippen LogP) is 3.29. The number of halogens is 2. The molecule has 1 aromatic rings. The number of hydrogen-bond acceptors (Lipinski definition) is 2. The zero-order valence-electron chi connectivity index (χ0n) is 10.7. The summed E-state index contributed by atoms with van der Waals surface area (Å²) in [7, 11) is 0. The minimum Gasteiger partial charge on any atom is -0.327 e. The molecule has 1 saturated heterocycles. The largest absolute Gasteiger partial charge is 0.327 e. The van der Waals surface area contributed by atoms with Crippen molar-refractivity contribution in [2.24, 2.45) is 5.73 Å². The first-order valence-corrected chi connectivity index (χ1v) is 7.30. The third kappa shape index (κ3) is 3.53. The van der Waals surface area contributed by atoms with E-state index in [1.165, 1.54) is 18.9 Å². The van der Waals surface area contributed by atoms with Crippen molar-refractivity contribution in [3.8, 4) is 0 Å². The monoisotopic (exact) mass is 314 g/mol. The average Bonchev–Trinajstić information content (AvgIpc) is 2.27. The van der Waals surface area contributed by atoms with E-state index in [0.29, 0.717) is 6.04 Å². The van der Waals surface area contributed by atoms with Gasteiger partial charge in [0, 0.05) is 23.1 Å². The number of hydrogen-bond donors (Lipinski definition) is 1. The molecule has 2 rings (SSSR count). The van der Waals surface area contributed by atoms with Gasteiger partial charge in [-0.05, 0) is 50.1 Å². The zero-order valence-corrected chi connectivity index (χ0v) is 12.3. The van der Waals surface area contributed by atoms with Crippen LogP contribution in [0.4, 0.5) is 4.39 Å². The lowest BCUT2D eigenvalue weighted by Gasteiger charge is -2.38. The molecular formula is C14H20BrFN2. The number of likely N-dealkylation sites (tertiary alicyclic amines) is 1. The van der Waals surface area contributed by atoms with Crippen molar-refractivity contribution >= 4 is 15.9 Å². The molecule has 1 aliphatic heterocycles. The number of nitrogens with zero attached hydrogens (tertiary/aromatic N) is 1. The van der Waals surface area contributed by atoms with Crippen LogP contribution < -0.4 is 5.73 Å². The molecule has 2 atom stereocenters. The van der Waals surface area contributed by atoms with Crippen LogP contribution in [0.25, 0.3) is 0 Å². The van der Waals surface area contributed by atoms with E-state index in [9.17, 15) is 4.39 Å². The molecule has 0 spiro atoms. The first-order valence-electron chi connectivity index (χ1n) is 6.51. The second kappa shape index (κ2) is 6.13. The average molecular weight is 315 g/mol. The van der Waals surface area contributed by atoms with Crippen LogP contribution in [0.1, 0.15) is 31.7 Å². The molecule has 2 N–H and O–H groups in total. The number of benzene rings is 1. The van der Waals surface area contributed by atoms with Crippen LogP contribution >= 0.6 is 15.9 Å². The standard InChI is InChI=1S/C14H20BrFN2/c1-10(17)14-4-2-3-5-18(14)9-11-6-12(15)8-13(16)7-11/h6-8,10,14H,2-5,9,17H2,1H3. The van der Waals surface area contributed by atoms with Gasteiger partial charge in [-0.3, -0.25) is 4.90 Å². The third-order valence-corrected chi connectivity index (χ3v) is 4.04. The lowest BCUT2D eigenvalue weighted by molar-refractivity contribution is 0.123. The van der Waals surface area contributed by atoms with E-state index in [0.717, 1.165) is 29.5 Å². The van der Waals surface area contributed by atoms with Gasteiger partial charge >= 0.3 is 0 Å². The molecule has 0 aromatic heterocycles. The van der Waals surface area contributed by atoms with E-state index in [1.807, 2.05) is 6.07 Å². The fraction of sp³-hybridized carbons (Fsp3) is 0.571. The summed E-state index contributed by atoms with van der Waals surface area (Å²) in [4.78, 5) is 2.38. The second-order valence-corrected chi connectivity index (χ2v) is 6.09. The molecule has 4 heteroatoms. The van der Waals surface area contributed by atoms with Crippen molar-refractivity contribution in [1.82, 2.24) is 4.90 Å². The molecule has 1 fully saturated rings. The van der Waals surface area contributed by atoms with E-state index in [2.05, 4.69) is 27.8 Å². The van der Waals surface area contributed by atoms with Crippen molar-refractivity contribution in [3.05, 3.63) is 34.1 Å². The Morgan fingerprint density at radius 2 is 2.22 bits per heavy atom. The Bertz CT molecular complexity index is 389. The first-order chi connectivity index (χ1) is 8.56. The Morgan fingerprint density at radius 1 is 1.44 bits per heavy atom. The van der Waals surface area contributed by atoms with Crippen molar-refractivity contribution in [2.75, 3.05) is 6.54 Å². The summed E-state index contributed by atoms with van der Waals surface area (Å²) >= 11 is 3.34. The minimum absolute atomic E-state index is 0.169. The molecule has 18 heavy (non-hydrogen) atoms. The second-order valence-electron chi connectivity index (χ2n) is 5.17. The highest BCUT2D eigenvalue weighted by molar-refractivity contribution is 9.10. The summed E-state index contributed by atoms with van der Waals surface area (Å²) in [6.45, 7) is 3.90. The Morgan fingerprint density at radius 3 is 2.89 bits per heavy atom. The topological polar surface area (TPSA) is 29.3 Å². The van der Waals surface area contributed by atoms with Gasteiger partial charge in [0.05, 0.1) is 0 Å². The molecule has 0 aliphatic carbocycles. The van der Waals surface area contributed by atoms with Crippen LogP contribution in [0, 0.1) is 5.82 Å². The maximum Gasteiger partial charge on any atom is 0.124 e. The number of rotatable bonds is 3. The summed E-state index contributed by atoms with van der Waals surface area (Å²) in [5.74, 6) is -0.186. The molecule has 1 aromatic carbocycles. The van der Waals surface area contributed by atoms with E-state index in [1.54, 1.807) is 6.07 Å². The van der Waals surface area contributed by atoms with E-state index < -0.39 is 0 Å². The Kier molecular flexibility index (Phi) is 4.76. The molecule has 100 valence electrons. The quantitative estimate of drug-likeness (QED) is 0.927. The third-order valence-electron chi connectivity index (χ3n) is 3.58. The molecule has 0 bridgehead atoms. The van der Waals surface area contributed by atoms with Crippen molar-refractivity contribution in [1.29, 1.82) is 0 Å². The van der Waals surface area contributed by atoms with Crippen LogP contribution in [0.5, 0.6) is 0 Å². The van der Waals surface area contributed by atoms with Crippen molar-refractivity contribution in [3.63, 3.8) is 0 Å². The predicted molar refractivity (Wildman–Crippen MR) is 75.8 cm³/mol. The molecule has 0 amide bonds. The first kappa shape index (κ1) is 14.0. The highest BCUT2D eigenvalue weighted by Gasteiger charge is 2.25. The van der Waals surface area contributed by atoms with Gasteiger partial charge < -0.3 is 5.73 Å². The number of piperidine rings is 1. The van der Waals surface area contributed by atoms with Gasteiger partial charge in [0.2, 0.25) is 0 Å². The van der Waals surface area contributed by atoms with Crippen LogP contribution in [0.3, 0.4) is 0 Å². The Balaban J connectivity index is 2.10. The molecule has 1 heterocycles. The minimum atomic E-state index is -0.186. The van der Waals surface area contributed by atoms with Gasteiger partial charge in [0.1, 0.15) is 5.82 Å². The van der Waals surface area contributed by atoms with Gasteiger partial charge in [-0.2, -0.15) is 0 Å². The maximum absolute atomic E-state index is 13.4. The van der Waals surface area contributed by atoms with Crippen LogP contribution in [-0.4, -0.2) is 23.5 Å². The Hall–Kier alpha value is -0.450. The summed E-state index contributed by atoms with van der Waals surface area (Å²) in [6.07, 6.45) is 3.60. The molecular weight excluding hydrogens is 295 g/mol. The fourth-order valence-corrected chi connectivity index (χ4v) is 3.26. The fourth-order valence-electron chi connectivity index (χ4n) is 2.75. The smallest absolute Gasteiger partial charge is 0.124 e.